The predicted molar refractivity (Wildman–Crippen MR) is 80.4 cm³/mol. The zero-order valence-corrected chi connectivity index (χ0v) is 12.4. The molecular formula is C14H13ClN6O. The number of nitriles is 1. The van der Waals surface area contributed by atoms with Crippen LogP contribution in [0.2, 0.25) is 5.02 Å². The van der Waals surface area contributed by atoms with Gasteiger partial charge in [0, 0.05) is 18.7 Å². The molecule has 0 bridgehead atoms. The normalized spacial score (nSPS) is 12.5. The van der Waals surface area contributed by atoms with E-state index < -0.39 is 0 Å². The van der Waals surface area contributed by atoms with Gasteiger partial charge in [0.1, 0.15) is 11.9 Å². The van der Waals surface area contributed by atoms with E-state index in [9.17, 15) is 4.79 Å². The molecule has 2 amide bonds. The van der Waals surface area contributed by atoms with E-state index in [0.29, 0.717) is 22.8 Å². The molecule has 0 fully saturated rings. The molecule has 0 unspecified atom stereocenters. The SMILES string of the molecule is N#Cc1ccc(NC(=O)NCc2nnc3n2CCC3)cc1Cl. The second-order valence-corrected chi connectivity index (χ2v) is 5.31. The van der Waals surface area contributed by atoms with Gasteiger partial charge in [-0.2, -0.15) is 5.26 Å². The number of fused-ring (bicyclic) bond motifs is 1. The molecule has 0 spiro atoms. The van der Waals surface area contributed by atoms with Gasteiger partial charge < -0.3 is 15.2 Å². The van der Waals surface area contributed by atoms with Gasteiger partial charge >= 0.3 is 6.03 Å². The molecule has 0 atom stereocenters. The van der Waals surface area contributed by atoms with E-state index in [2.05, 4.69) is 20.8 Å². The first-order valence-electron chi connectivity index (χ1n) is 6.83. The molecule has 2 heterocycles. The van der Waals surface area contributed by atoms with Crippen molar-refractivity contribution < 1.29 is 4.79 Å². The fraction of sp³-hybridized carbons (Fsp3) is 0.286. The van der Waals surface area contributed by atoms with Crippen molar-refractivity contribution in [3.05, 3.63) is 40.4 Å². The molecule has 0 aliphatic carbocycles. The van der Waals surface area contributed by atoms with Gasteiger partial charge in [0.2, 0.25) is 0 Å². The van der Waals surface area contributed by atoms with E-state index in [0.717, 1.165) is 31.0 Å². The van der Waals surface area contributed by atoms with Gasteiger partial charge in [-0.05, 0) is 24.6 Å². The lowest BCUT2D eigenvalue weighted by atomic mass is 10.2. The first kappa shape index (κ1) is 14.4. The summed E-state index contributed by atoms with van der Waals surface area (Å²) in [6.45, 7) is 1.20. The van der Waals surface area contributed by atoms with E-state index in [1.165, 1.54) is 6.07 Å². The number of anilines is 1. The molecule has 0 radical (unpaired) electrons. The zero-order valence-electron chi connectivity index (χ0n) is 11.6. The molecular weight excluding hydrogens is 304 g/mol. The first-order chi connectivity index (χ1) is 10.7. The van der Waals surface area contributed by atoms with Crippen molar-refractivity contribution in [3.8, 4) is 6.07 Å². The maximum atomic E-state index is 11.9. The van der Waals surface area contributed by atoms with Crippen molar-refractivity contribution in [3.63, 3.8) is 0 Å². The van der Waals surface area contributed by atoms with Crippen LogP contribution in [0.15, 0.2) is 18.2 Å². The molecule has 3 rings (SSSR count). The highest BCUT2D eigenvalue weighted by Gasteiger charge is 2.17. The Balaban J connectivity index is 1.58. The third-order valence-corrected chi connectivity index (χ3v) is 3.75. The molecule has 2 aromatic rings. The quantitative estimate of drug-likeness (QED) is 0.906. The topological polar surface area (TPSA) is 95.6 Å². The Morgan fingerprint density at radius 1 is 1.45 bits per heavy atom. The molecule has 112 valence electrons. The molecule has 1 aliphatic heterocycles. The maximum absolute atomic E-state index is 11.9. The number of rotatable bonds is 3. The van der Waals surface area contributed by atoms with Crippen molar-refractivity contribution >= 4 is 23.3 Å². The van der Waals surface area contributed by atoms with E-state index in [4.69, 9.17) is 16.9 Å². The number of nitrogens with zero attached hydrogens (tertiary/aromatic N) is 4. The molecule has 2 N–H and O–H groups in total. The summed E-state index contributed by atoms with van der Waals surface area (Å²) >= 11 is 5.92. The van der Waals surface area contributed by atoms with Crippen molar-refractivity contribution in [1.82, 2.24) is 20.1 Å². The van der Waals surface area contributed by atoms with Crippen LogP contribution in [-0.4, -0.2) is 20.8 Å². The average molecular weight is 317 g/mol. The standard InChI is InChI=1S/C14H13ClN6O/c15-11-6-10(4-3-9(11)7-16)18-14(22)17-8-13-20-19-12-2-1-5-21(12)13/h3-4,6H,1-2,5,8H2,(H2,17,18,22). The highest BCUT2D eigenvalue weighted by molar-refractivity contribution is 6.32. The number of carbonyl (C=O) groups excluding carboxylic acids is 1. The minimum Gasteiger partial charge on any atom is -0.331 e. The fourth-order valence-corrected chi connectivity index (χ4v) is 2.58. The molecule has 22 heavy (non-hydrogen) atoms. The summed E-state index contributed by atoms with van der Waals surface area (Å²) in [6, 6.07) is 6.32. The number of amides is 2. The van der Waals surface area contributed by atoms with Crippen molar-refractivity contribution in [2.45, 2.75) is 25.9 Å². The van der Waals surface area contributed by atoms with Crippen LogP contribution in [-0.2, 0) is 19.5 Å². The van der Waals surface area contributed by atoms with Crippen LogP contribution in [0.4, 0.5) is 10.5 Å². The van der Waals surface area contributed by atoms with Crippen LogP contribution in [0.5, 0.6) is 0 Å². The van der Waals surface area contributed by atoms with Gasteiger partial charge in [-0.25, -0.2) is 4.79 Å². The number of nitrogens with one attached hydrogen (secondary N) is 2. The lowest BCUT2D eigenvalue weighted by Crippen LogP contribution is -2.29. The number of aromatic nitrogens is 3. The highest BCUT2D eigenvalue weighted by atomic mass is 35.5. The van der Waals surface area contributed by atoms with E-state index in [-0.39, 0.29) is 6.03 Å². The number of benzene rings is 1. The van der Waals surface area contributed by atoms with Crippen LogP contribution >= 0.6 is 11.6 Å². The molecule has 8 heteroatoms. The predicted octanol–water partition coefficient (Wildman–Crippen LogP) is 2.07. The maximum Gasteiger partial charge on any atom is 0.319 e. The summed E-state index contributed by atoms with van der Waals surface area (Å²) in [7, 11) is 0. The third kappa shape index (κ3) is 2.87. The number of halogens is 1. The summed E-state index contributed by atoms with van der Waals surface area (Å²) in [6.07, 6.45) is 2.00. The van der Waals surface area contributed by atoms with Crippen LogP contribution in [0.3, 0.4) is 0 Å². The van der Waals surface area contributed by atoms with E-state index in [1.54, 1.807) is 12.1 Å². The van der Waals surface area contributed by atoms with Gasteiger partial charge in [0.05, 0.1) is 17.1 Å². The monoisotopic (exact) mass is 316 g/mol. The average Bonchev–Trinajstić information content (AvgIpc) is 3.09. The van der Waals surface area contributed by atoms with Crippen molar-refractivity contribution in [2.24, 2.45) is 0 Å². The summed E-state index contributed by atoms with van der Waals surface area (Å²) in [5.74, 6) is 1.72. The Labute approximate surface area is 131 Å². The van der Waals surface area contributed by atoms with Gasteiger partial charge in [-0.15, -0.1) is 10.2 Å². The molecule has 0 saturated heterocycles. The van der Waals surface area contributed by atoms with Crippen molar-refractivity contribution in [1.29, 1.82) is 5.26 Å². The van der Waals surface area contributed by atoms with Gasteiger partial charge in [0.15, 0.2) is 5.82 Å². The first-order valence-corrected chi connectivity index (χ1v) is 7.20. The second-order valence-electron chi connectivity index (χ2n) is 4.90. The number of carbonyl (C=O) groups is 1. The van der Waals surface area contributed by atoms with Gasteiger partial charge in [0.25, 0.3) is 0 Å². The molecule has 7 nitrogen and oxygen atoms in total. The highest BCUT2D eigenvalue weighted by Crippen LogP contribution is 2.20. The third-order valence-electron chi connectivity index (χ3n) is 3.44. The van der Waals surface area contributed by atoms with E-state index >= 15 is 0 Å². The lowest BCUT2D eigenvalue weighted by molar-refractivity contribution is 0.251. The Morgan fingerprint density at radius 3 is 3.09 bits per heavy atom. The minimum absolute atomic E-state index is 0.301. The number of hydrogen-bond acceptors (Lipinski definition) is 4. The van der Waals surface area contributed by atoms with Crippen LogP contribution in [0, 0.1) is 11.3 Å². The summed E-state index contributed by atoms with van der Waals surface area (Å²) in [5, 5.41) is 22.7. The fourth-order valence-electron chi connectivity index (χ4n) is 2.36. The Kier molecular flexibility index (Phi) is 3.94. The van der Waals surface area contributed by atoms with Crippen molar-refractivity contribution in [2.75, 3.05) is 5.32 Å². The molecule has 1 aromatic heterocycles. The Bertz CT molecular complexity index is 763. The largest absolute Gasteiger partial charge is 0.331 e. The number of hydrogen-bond donors (Lipinski definition) is 2. The number of urea groups is 1. The zero-order chi connectivity index (χ0) is 15.5. The van der Waals surface area contributed by atoms with Crippen LogP contribution in [0.25, 0.3) is 0 Å². The Morgan fingerprint density at radius 2 is 2.32 bits per heavy atom. The van der Waals surface area contributed by atoms with E-state index in [1.807, 2.05) is 10.6 Å². The number of aryl methyl sites for hydroxylation is 1. The Hall–Kier alpha value is -2.59. The molecule has 0 saturated carbocycles. The summed E-state index contributed by atoms with van der Waals surface area (Å²) < 4.78 is 2.03. The molecule has 1 aromatic carbocycles. The summed E-state index contributed by atoms with van der Waals surface area (Å²) in [5.41, 5.74) is 0.889. The summed E-state index contributed by atoms with van der Waals surface area (Å²) in [4.78, 5) is 11.9. The van der Waals surface area contributed by atoms with Gasteiger partial charge in [-0.3, -0.25) is 0 Å². The van der Waals surface area contributed by atoms with Gasteiger partial charge in [-0.1, -0.05) is 11.6 Å². The van der Waals surface area contributed by atoms with Crippen LogP contribution < -0.4 is 10.6 Å². The second kappa shape index (κ2) is 6.03. The lowest BCUT2D eigenvalue weighted by Gasteiger charge is -2.08. The minimum atomic E-state index is -0.365. The molecule has 1 aliphatic rings. The van der Waals surface area contributed by atoms with Crippen LogP contribution in [0.1, 0.15) is 23.6 Å². The smallest absolute Gasteiger partial charge is 0.319 e.